The second-order valence-corrected chi connectivity index (χ2v) is 8.64. The summed E-state index contributed by atoms with van der Waals surface area (Å²) in [6, 6.07) is 6.87. The van der Waals surface area contributed by atoms with Crippen molar-refractivity contribution >= 4 is 40.0 Å². The van der Waals surface area contributed by atoms with Crippen LogP contribution in [0.5, 0.6) is 0 Å². The first-order chi connectivity index (χ1) is 13.0. The molecule has 0 atom stereocenters. The first-order valence-electron chi connectivity index (χ1n) is 9.57. The van der Waals surface area contributed by atoms with Crippen molar-refractivity contribution in [1.29, 1.82) is 0 Å². The summed E-state index contributed by atoms with van der Waals surface area (Å²) in [5, 5.41) is 3.36. The number of ether oxygens (including phenoxy) is 1. The first kappa shape index (κ1) is 25.1. The molecule has 0 aromatic heterocycles. The van der Waals surface area contributed by atoms with E-state index >= 15 is 0 Å². The average Bonchev–Trinajstić information content (AvgIpc) is 2.66. The smallest absolute Gasteiger partial charge is 0.240 e. The topological polar surface area (TPSA) is 83.0 Å². The van der Waals surface area contributed by atoms with Gasteiger partial charge in [0, 0.05) is 33.3 Å². The van der Waals surface area contributed by atoms with Crippen LogP contribution in [0, 0.1) is 5.92 Å². The number of piperidine rings is 1. The zero-order valence-corrected chi connectivity index (χ0v) is 20.1. The standard InChI is InChI=1S/C19H32N4O3S.HI/c1-4-20-19(23-12-9-16(2)10-13-23)21-15-17-5-7-18(8-6-17)27(24,25)22-11-14-26-3;/h5-8,16,22H,4,9-15H2,1-3H3,(H,20,21);1H. The van der Waals surface area contributed by atoms with Crippen molar-refractivity contribution in [2.75, 3.05) is 39.9 Å². The molecule has 1 aliphatic rings. The van der Waals surface area contributed by atoms with E-state index in [0.717, 1.165) is 37.1 Å². The van der Waals surface area contributed by atoms with Gasteiger partial charge in [-0.15, -0.1) is 24.0 Å². The lowest BCUT2D eigenvalue weighted by Crippen LogP contribution is -2.45. The van der Waals surface area contributed by atoms with Crippen LogP contribution in [0.15, 0.2) is 34.2 Å². The zero-order valence-electron chi connectivity index (χ0n) is 17.0. The Morgan fingerprint density at radius 2 is 1.89 bits per heavy atom. The maximum Gasteiger partial charge on any atom is 0.240 e. The molecule has 1 aliphatic heterocycles. The molecule has 1 aromatic rings. The molecule has 1 heterocycles. The highest BCUT2D eigenvalue weighted by Gasteiger charge is 2.18. The molecule has 0 radical (unpaired) electrons. The highest BCUT2D eigenvalue weighted by atomic mass is 127. The molecule has 0 bridgehead atoms. The van der Waals surface area contributed by atoms with Gasteiger partial charge in [0.15, 0.2) is 5.96 Å². The van der Waals surface area contributed by atoms with E-state index in [2.05, 4.69) is 28.8 Å². The molecule has 7 nitrogen and oxygen atoms in total. The SMILES string of the molecule is CCNC(=NCc1ccc(S(=O)(=O)NCCOC)cc1)N1CCC(C)CC1.I. The number of hydrogen-bond acceptors (Lipinski definition) is 4. The number of aliphatic imine (C=N–C) groups is 1. The van der Waals surface area contributed by atoms with E-state index in [1.54, 1.807) is 12.1 Å². The van der Waals surface area contributed by atoms with E-state index in [1.807, 2.05) is 12.1 Å². The number of rotatable bonds is 8. The Kier molecular flexibility index (Phi) is 11.3. The number of nitrogens with one attached hydrogen (secondary N) is 2. The summed E-state index contributed by atoms with van der Waals surface area (Å²) in [5.74, 6) is 1.71. The molecule has 0 aliphatic carbocycles. The van der Waals surface area contributed by atoms with Crippen LogP contribution in [0.25, 0.3) is 0 Å². The Labute approximate surface area is 186 Å². The highest BCUT2D eigenvalue weighted by molar-refractivity contribution is 14.0. The van der Waals surface area contributed by atoms with Crippen LogP contribution >= 0.6 is 24.0 Å². The molecule has 0 amide bonds. The largest absolute Gasteiger partial charge is 0.383 e. The third kappa shape index (κ3) is 7.84. The number of sulfonamides is 1. The van der Waals surface area contributed by atoms with Gasteiger partial charge in [-0.1, -0.05) is 19.1 Å². The minimum absolute atomic E-state index is 0. The molecule has 0 spiro atoms. The fourth-order valence-corrected chi connectivity index (χ4v) is 3.96. The number of hydrogen-bond donors (Lipinski definition) is 2. The summed E-state index contributed by atoms with van der Waals surface area (Å²) >= 11 is 0. The lowest BCUT2D eigenvalue weighted by atomic mass is 10.00. The summed E-state index contributed by atoms with van der Waals surface area (Å²) < 4.78 is 31.8. The second-order valence-electron chi connectivity index (χ2n) is 6.87. The molecule has 2 N–H and O–H groups in total. The molecule has 9 heteroatoms. The van der Waals surface area contributed by atoms with Crippen LogP contribution in [0.1, 0.15) is 32.3 Å². The van der Waals surface area contributed by atoms with Crippen molar-refractivity contribution in [2.24, 2.45) is 10.9 Å². The number of likely N-dealkylation sites (tertiary alicyclic amines) is 1. The maximum absolute atomic E-state index is 12.2. The summed E-state index contributed by atoms with van der Waals surface area (Å²) in [4.78, 5) is 7.30. The normalized spacial score (nSPS) is 16.0. The van der Waals surface area contributed by atoms with Gasteiger partial charge in [0.25, 0.3) is 0 Å². The van der Waals surface area contributed by atoms with E-state index in [4.69, 9.17) is 9.73 Å². The molecule has 0 saturated carbocycles. The Bertz CT molecular complexity index is 702. The van der Waals surface area contributed by atoms with E-state index in [9.17, 15) is 8.42 Å². The van der Waals surface area contributed by atoms with Gasteiger partial charge in [-0.2, -0.15) is 0 Å². The number of guanidine groups is 1. The number of nitrogens with zero attached hydrogens (tertiary/aromatic N) is 2. The van der Waals surface area contributed by atoms with Gasteiger partial charge < -0.3 is 15.0 Å². The lowest BCUT2D eigenvalue weighted by Gasteiger charge is -2.33. The van der Waals surface area contributed by atoms with Crippen LogP contribution in [-0.2, 0) is 21.3 Å². The summed E-state index contributed by atoms with van der Waals surface area (Å²) in [6.45, 7) is 8.36. The highest BCUT2D eigenvalue weighted by Crippen LogP contribution is 2.16. The Hall–Kier alpha value is -0.910. The molecule has 1 saturated heterocycles. The molecule has 160 valence electrons. The van der Waals surface area contributed by atoms with Crippen molar-refractivity contribution in [3.8, 4) is 0 Å². The van der Waals surface area contributed by atoms with Crippen LogP contribution in [0.2, 0.25) is 0 Å². The van der Waals surface area contributed by atoms with Crippen molar-refractivity contribution < 1.29 is 13.2 Å². The summed E-state index contributed by atoms with van der Waals surface area (Å²) in [6.07, 6.45) is 2.38. The molecule has 28 heavy (non-hydrogen) atoms. The van der Waals surface area contributed by atoms with Crippen molar-refractivity contribution in [3.63, 3.8) is 0 Å². The number of halogens is 1. The summed E-state index contributed by atoms with van der Waals surface area (Å²) in [5.41, 5.74) is 0.978. The number of benzene rings is 1. The first-order valence-corrected chi connectivity index (χ1v) is 11.1. The van der Waals surface area contributed by atoms with Gasteiger partial charge in [-0.3, -0.25) is 0 Å². The van der Waals surface area contributed by atoms with E-state index < -0.39 is 10.0 Å². The molecule has 1 fully saturated rings. The molecule has 2 rings (SSSR count). The molecular weight excluding hydrogens is 491 g/mol. The average molecular weight is 524 g/mol. The predicted molar refractivity (Wildman–Crippen MR) is 124 cm³/mol. The van der Waals surface area contributed by atoms with Crippen LogP contribution in [0.3, 0.4) is 0 Å². The predicted octanol–water partition coefficient (Wildman–Crippen LogP) is 2.43. The monoisotopic (exact) mass is 524 g/mol. The lowest BCUT2D eigenvalue weighted by molar-refractivity contribution is 0.204. The fourth-order valence-electron chi connectivity index (χ4n) is 2.95. The molecule has 0 unspecified atom stereocenters. The zero-order chi connectivity index (χ0) is 19.7. The van der Waals surface area contributed by atoms with Gasteiger partial charge in [0.05, 0.1) is 18.0 Å². The van der Waals surface area contributed by atoms with Gasteiger partial charge >= 0.3 is 0 Å². The Morgan fingerprint density at radius 3 is 2.46 bits per heavy atom. The van der Waals surface area contributed by atoms with E-state index in [-0.39, 0.29) is 35.4 Å². The maximum atomic E-state index is 12.2. The molecular formula is C19H33IN4O3S. The van der Waals surface area contributed by atoms with Crippen LogP contribution in [-0.4, -0.2) is 59.2 Å². The van der Waals surface area contributed by atoms with Gasteiger partial charge in [-0.05, 0) is 43.4 Å². The third-order valence-corrected chi connectivity index (χ3v) is 6.14. The fraction of sp³-hybridized carbons (Fsp3) is 0.632. The summed E-state index contributed by atoms with van der Waals surface area (Å²) in [7, 11) is -1.96. The minimum atomic E-state index is -3.50. The Morgan fingerprint density at radius 1 is 1.25 bits per heavy atom. The molecule has 1 aromatic carbocycles. The van der Waals surface area contributed by atoms with Crippen molar-refractivity contribution in [3.05, 3.63) is 29.8 Å². The quantitative estimate of drug-likeness (QED) is 0.236. The van der Waals surface area contributed by atoms with Gasteiger partial charge in [0.1, 0.15) is 0 Å². The van der Waals surface area contributed by atoms with Crippen LogP contribution < -0.4 is 10.0 Å². The van der Waals surface area contributed by atoms with Gasteiger partial charge in [0.2, 0.25) is 10.0 Å². The van der Waals surface area contributed by atoms with Gasteiger partial charge in [-0.25, -0.2) is 18.1 Å². The van der Waals surface area contributed by atoms with E-state index in [0.29, 0.717) is 13.2 Å². The van der Waals surface area contributed by atoms with E-state index in [1.165, 1.54) is 20.0 Å². The minimum Gasteiger partial charge on any atom is -0.383 e. The number of methoxy groups -OCH3 is 1. The Balaban J connectivity index is 0.00000392. The second kappa shape index (κ2) is 12.6. The van der Waals surface area contributed by atoms with Crippen LogP contribution in [0.4, 0.5) is 0 Å². The third-order valence-electron chi connectivity index (χ3n) is 4.66. The van der Waals surface area contributed by atoms with Crippen molar-refractivity contribution in [1.82, 2.24) is 14.9 Å². The van der Waals surface area contributed by atoms with Crippen molar-refractivity contribution in [2.45, 2.75) is 38.1 Å².